The molecule has 1 heterocycles. The van der Waals surface area contributed by atoms with E-state index in [1.165, 1.54) is 0 Å². The third kappa shape index (κ3) is 2.28. The molecular weight excluding hydrogens is 202 g/mol. The smallest absolute Gasteiger partial charge is 0.144 e. The van der Waals surface area contributed by atoms with Crippen molar-refractivity contribution in [3.63, 3.8) is 0 Å². The molecule has 0 radical (unpaired) electrons. The third-order valence-corrected chi connectivity index (χ3v) is 2.16. The van der Waals surface area contributed by atoms with Gasteiger partial charge in [-0.3, -0.25) is 9.67 Å². The summed E-state index contributed by atoms with van der Waals surface area (Å²) in [5, 5.41) is 4.07. The Morgan fingerprint density at radius 1 is 1.38 bits per heavy atom. The van der Waals surface area contributed by atoms with E-state index in [0.717, 1.165) is 17.0 Å². The lowest BCUT2D eigenvalue weighted by Gasteiger charge is -2.01. The van der Waals surface area contributed by atoms with E-state index in [2.05, 4.69) is 10.1 Å². The topological polar surface area (TPSA) is 39.4 Å². The van der Waals surface area contributed by atoms with Crippen molar-refractivity contribution in [1.82, 2.24) is 9.78 Å². The van der Waals surface area contributed by atoms with Crippen LogP contribution in [0.25, 0.3) is 0 Å². The molecule has 2 rings (SSSR count). The van der Waals surface area contributed by atoms with Gasteiger partial charge in [-0.25, -0.2) is 0 Å². The Bertz CT molecular complexity index is 502. The van der Waals surface area contributed by atoms with Crippen LogP contribution in [0.5, 0.6) is 5.75 Å². The maximum atomic E-state index is 5.20. The van der Waals surface area contributed by atoms with E-state index >= 15 is 0 Å². The molecule has 4 nitrogen and oxygen atoms in total. The van der Waals surface area contributed by atoms with Crippen molar-refractivity contribution < 1.29 is 4.74 Å². The number of hydrogen-bond acceptors (Lipinski definition) is 3. The van der Waals surface area contributed by atoms with Gasteiger partial charge in [0.15, 0.2) is 0 Å². The van der Waals surface area contributed by atoms with E-state index in [4.69, 9.17) is 4.74 Å². The van der Waals surface area contributed by atoms with Crippen LogP contribution in [0, 0.1) is 0 Å². The van der Waals surface area contributed by atoms with Crippen molar-refractivity contribution >= 4 is 11.9 Å². The number of aryl methyl sites for hydroxylation is 1. The van der Waals surface area contributed by atoms with Crippen LogP contribution in [0.15, 0.2) is 41.7 Å². The second-order valence-corrected chi connectivity index (χ2v) is 3.38. The number of methoxy groups -OCH3 is 1. The van der Waals surface area contributed by atoms with E-state index < -0.39 is 0 Å². The lowest BCUT2D eigenvalue weighted by atomic mass is 10.3. The molecule has 0 unspecified atom stereocenters. The number of nitrogens with zero attached hydrogens (tertiary/aromatic N) is 3. The van der Waals surface area contributed by atoms with E-state index in [0.29, 0.717) is 0 Å². The Kier molecular flexibility index (Phi) is 3.00. The molecule has 0 amide bonds. The quantitative estimate of drug-likeness (QED) is 0.736. The number of benzene rings is 1. The second-order valence-electron chi connectivity index (χ2n) is 3.38. The highest BCUT2D eigenvalue weighted by molar-refractivity contribution is 5.81. The normalized spacial score (nSPS) is 10.9. The van der Waals surface area contributed by atoms with Crippen LogP contribution in [0.4, 0.5) is 5.69 Å². The Morgan fingerprint density at radius 3 is 2.88 bits per heavy atom. The summed E-state index contributed by atoms with van der Waals surface area (Å²) in [6, 6.07) is 7.64. The van der Waals surface area contributed by atoms with Gasteiger partial charge < -0.3 is 4.74 Å². The van der Waals surface area contributed by atoms with Crippen LogP contribution in [0.3, 0.4) is 0 Å². The molecule has 0 saturated carbocycles. The van der Waals surface area contributed by atoms with Crippen molar-refractivity contribution in [3.05, 3.63) is 42.2 Å². The fourth-order valence-electron chi connectivity index (χ4n) is 1.39. The Morgan fingerprint density at radius 2 is 2.19 bits per heavy atom. The number of aliphatic imine (C=N–C) groups is 1. The molecule has 0 aliphatic carbocycles. The minimum atomic E-state index is 0.766. The van der Waals surface area contributed by atoms with Crippen molar-refractivity contribution in [2.24, 2.45) is 12.0 Å². The minimum Gasteiger partial charge on any atom is -0.494 e. The zero-order valence-corrected chi connectivity index (χ0v) is 9.29. The number of ether oxygens (including phenoxy) is 1. The maximum Gasteiger partial charge on any atom is 0.144 e. The summed E-state index contributed by atoms with van der Waals surface area (Å²) in [6.45, 7) is 0. The highest BCUT2D eigenvalue weighted by Crippen LogP contribution is 2.25. The van der Waals surface area contributed by atoms with Crippen molar-refractivity contribution in [2.75, 3.05) is 7.11 Å². The van der Waals surface area contributed by atoms with Gasteiger partial charge in [0.05, 0.1) is 13.3 Å². The standard InChI is InChI=1S/C12H13N3O/c1-15-9-10(8-14-15)7-13-11-5-3-4-6-12(11)16-2/h3-9H,1-2H3. The number of para-hydroxylation sites is 2. The summed E-state index contributed by atoms with van der Waals surface area (Å²) < 4.78 is 6.94. The summed E-state index contributed by atoms with van der Waals surface area (Å²) in [4.78, 5) is 4.36. The van der Waals surface area contributed by atoms with Gasteiger partial charge in [-0.2, -0.15) is 5.10 Å². The fraction of sp³-hybridized carbons (Fsp3) is 0.167. The minimum absolute atomic E-state index is 0.766. The van der Waals surface area contributed by atoms with Crippen LogP contribution < -0.4 is 4.74 Å². The van der Waals surface area contributed by atoms with E-state index in [9.17, 15) is 0 Å². The van der Waals surface area contributed by atoms with Crippen LogP contribution in [-0.4, -0.2) is 23.1 Å². The van der Waals surface area contributed by atoms with E-state index in [-0.39, 0.29) is 0 Å². The highest BCUT2D eigenvalue weighted by Gasteiger charge is 1.98. The molecular formula is C12H13N3O. The molecule has 1 aromatic heterocycles. The van der Waals surface area contributed by atoms with Gasteiger partial charge in [-0.05, 0) is 12.1 Å². The molecule has 2 aromatic rings. The molecule has 0 aliphatic rings. The zero-order chi connectivity index (χ0) is 11.4. The molecule has 0 N–H and O–H groups in total. The van der Waals surface area contributed by atoms with Crippen molar-refractivity contribution in [2.45, 2.75) is 0 Å². The molecule has 0 spiro atoms. The van der Waals surface area contributed by atoms with Crippen LogP contribution in [0.2, 0.25) is 0 Å². The summed E-state index contributed by atoms with van der Waals surface area (Å²) >= 11 is 0. The first-order valence-electron chi connectivity index (χ1n) is 4.95. The van der Waals surface area contributed by atoms with E-state index in [1.54, 1.807) is 24.2 Å². The van der Waals surface area contributed by atoms with Gasteiger partial charge in [-0.15, -0.1) is 0 Å². The Labute approximate surface area is 94.2 Å². The van der Waals surface area contributed by atoms with Gasteiger partial charge in [0.2, 0.25) is 0 Å². The molecule has 1 aromatic carbocycles. The Balaban J connectivity index is 2.23. The predicted molar refractivity (Wildman–Crippen MR) is 63.5 cm³/mol. The van der Waals surface area contributed by atoms with Crippen LogP contribution in [-0.2, 0) is 7.05 Å². The van der Waals surface area contributed by atoms with Crippen molar-refractivity contribution in [1.29, 1.82) is 0 Å². The summed E-state index contributed by atoms with van der Waals surface area (Å²) in [5.41, 5.74) is 1.78. The number of hydrogen-bond donors (Lipinski definition) is 0. The lowest BCUT2D eigenvalue weighted by Crippen LogP contribution is -1.85. The molecule has 0 aliphatic heterocycles. The van der Waals surface area contributed by atoms with Crippen molar-refractivity contribution in [3.8, 4) is 5.75 Å². The molecule has 16 heavy (non-hydrogen) atoms. The largest absolute Gasteiger partial charge is 0.494 e. The van der Waals surface area contributed by atoms with Gasteiger partial charge in [0.25, 0.3) is 0 Å². The van der Waals surface area contributed by atoms with E-state index in [1.807, 2.05) is 37.5 Å². The first kappa shape index (κ1) is 10.4. The summed E-state index contributed by atoms with van der Waals surface area (Å²) in [6.07, 6.45) is 5.43. The molecule has 0 fully saturated rings. The average molecular weight is 215 g/mol. The van der Waals surface area contributed by atoms with Gasteiger partial charge in [-0.1, -0.05) is 12.1 Å². The summed E-state index contributed by atoms with van der Waals surface area (Å²) in [5.74, 6) is 0.766. The molecule has 82 valence electrons. The molecule has 0 saturated heterocycles. The zero-order valence-electron chi connectivity index (χ0n) is 9.29. The monoisotopic (exact) mass is 215 g/mol. The maximum absolute atomic E-state index is 5.20. The van der Waals surface area contributed by atoms with Crippen LogP contribution >= 0.6 is 0 Å². The average Bonchev–Trinajstić information content (AvgIpc) is 2.73. The molecule has 0 atom stereocenters. The van der Waals surface area contributed by atoms with Gasteiger partial charge in [0, 0.05) is 25.0 Å². The number of aromatic nitrogens is 2. The molecule has 0 bridgehead atoms. The first-order chi connectivity index (χ1) is 7.79. The van der Waals surface area contributed by atoms with Gasteiger partial charge in [0.1, 0.15) is 11.4 Å². The Hall–Kier alpha value is -2.10. The second kappa shape index (κ2) is 4.61. The predicted octanol–water partition coefficient (Wildman–Crippen LogP) is 2.18. The first-order valence-corrected chi connectivity index (χ1v) is 4.95. The summed E-state index contributed by atoms with van der Waals surface area (Å²) in [7, 11) is 3.51. The highest BCUT2D eigenvalue weighted by atomic mass is 16.5. The lowest BCUT2D eigenvalue weighted by molar-refractivity contribution is 0.416. The van der Waals surface area contributed by atoms with Crippen LogP contribution in [0.1, 0.15) is 5.56 Å². The van der Waals surface area contributed by atoms with Gasteiger partial charge >= 0.3 is 0 Å². The third-order valence-electron chi connectivity index (χ3n) is 2.16. The SMILES string of the molecule is COc1ccccc1N=Cc1cnn(C)c1. The molecule has 4 heteroatoms. The fourth-order valence-corrected chi connectivity index (χ4v) is 1.39. The number of rotatable bonds is 3.